The molecule has 106 valence electrons. The third-order valence-corrected chi connectivity index (χ3v) is 2.83. The van der Waals surface area contributed by atoms with Crippen molar-refractivity contribution in [1.29, 1.82) is 0 Å². The van der Waals surface area contributed by atoms with E-state index in [9.17, 15) is 19.5 Å². The lowest BCUT2D eigenvalue weighted by molar-refractivity contribution is -0.114. The second kappa shape index (κ2) is 5.54. The van der Waals surface area contributed by atoms with Crippen molar-refractivity contribution in [3.63, 3.8) is 0 Å². The van der Waals surface area contributed by atoms with Gasteiger partial charge in [-0.05, 0) is 43.3 Å². The van der Waals surface area contributed by atoms with Gasteiger partial charge in [-0.3, -0.25) is 9.59 Å². The number of nitrogens with zero attached hydrogens (tertiary/aromatic N) is 1. The number of Topliss-reactive ketones (excluding diaryl/α,β-unsaturated/α-hetero) is 1. The van der Waals surface area contributed by atoms with Gasteiger partial charge in [0.15, 0.2) is 5.78 Å². The highest BCUT2D eigenvalue weighted by Gasteiger charge is 2.25. The van der Waals surface area contributed by atoms with Gasteiger partial charge in [0, 0.05) is 0 Å². The lowest BCUT2D eigenvalue weighted by atomic mass is 9.96. The summed E-state index contributed by atoms with van der Waals surface area (Å²) in [7, 11) is 0. The average molecular weight is 285 g/mol. The summed E-state index contributed by atoms with van der Waals surface area (Å²) in [6.07, 6.45) is 2.26. The zero-order chi connectivity index (χ0) is 15.6. The Morgan fingerprint density at radius 3 is 2.24 bits per heavy atom. The molecule has 0 unspecified atom stereocenters. The molecule has 0 atom stereocenters. The van der Waals surface area contributed by atoms with Crippen molar-refractivity contribution >= 4 is 28.9 Å². The zero-order valence-corrected chi connectivity index (χ0v) is 11.0. The number of carboxylic acids is 1. The van der Waals surface area contributed by atoms with Crippen LogP contribution in [0.15, 0.2) is 52.7 Å². The molecule has 1 aromatic carbocycles. The Kier molecular flexibility index (Phi) is 3.80. The van der Waals surface area contributed by atoms with E-state index in [0.717, 1.165) is 12.2 Å². The van der Waals surface area contributed by atoms with Crippen molar-refractivity contribution in [1.82, 2.24) is 0 Å². The van der Waals surface area contributed by atoms with Crippen molar-refractivity contribution in [2.75, 3.05) is 0 Å². The van der Waals surface area contributed by atoms with Gasteiger partial charge in [0.05, 0.1) is 16.8 Å². The maximum atomic E-state index is 11.8. The number of ketones is 2. The minimum atomic E-state index is -1.08. The van der Waals surface area contributed by atoms with Crippen LogP contribution in [0.1, 0.15) is 17.3 Å². The number of allylic oxidation sites excluding steroid dienone is 3. The minimum Gasteiger partial charge on any atom is -0.507 e. The molecule has 0 spiro atoms. The van der Waals surface area contributed by atoms with Crippen LogP contribution in [-0.2, 0) is 9.59 Å². The molecule has 0 bridgehead atoms. The molecule has 0 saturated carbocycles. The van der Waals surface area contributed by atoms with E-state index in [4.69, 9.17) is 5.11 Å². The first-order valence-electron chi connectivity index (χ1n) is 5.99. The SMILES string of the molecule is CC(=O)C1=C(O)C=CC(=O)C1=Nc1ccc(C(=O)O)cc1. The van der Waals surface area contributed by atoms with Crippen LogP contribution in [0.3, 0.4) is 0 Å². The van der Waals surface area contributed by atoms with Crippen LogP contribution in [-0.4, -0.2) is 33.5 Å². The summed E-state index contributed by atoms with van der Waals surface area (Å²) < 4.78 is 0. The van der Waals surface area contributed by atoms with E-state index in [1.165, 1.54) is 31.2 Å². The molecule has 0 radical (unpaired) electrons. The fraction of sp³-hybridized carbons (Fsp3) is 0.0667. The number of carbonyl (C=O) groups excluding carboxylic acids is 2. The third-order valence-electron chi connectivity index (χ3n) is 2.83. The van der Waals surface area contributed by atoms with Gasteiger partial charge in [0.25, 0.3) is 0 Å². The first-order chi connectivity index (χ1) is 9.90. The van der Waals surface area contributed by atoms with E-state index < -0.39 is 17.5 Å². The highest BCUT2D eigenvalue weighted by Crippen LogP contribution is 2.20. The van der Waals surface area contributed by atoms with E-state index in [1.54, 1.807) is 0 Å². The Balaban J connectivity index is 2.47. The van der Waals surface area contributed by atoms with E-state index >= 15 is 0 Å². The lowest BCUT2D eigenvalue weighted by Crippen LogP contribution is -2.23. The Morgan fingerprint density at radius 1 is 1.10 bits per heavy atom. The van der Waals surface area contributed by atoms with Crippen molar-refractivity contribution in [3.05, 3.63) is 53.3 Å². The van der Waals surface area contributed by atoms with Crippen LogP contribution in [0, 0.1) is 0 Å². The molecule has 0 amide bonds. The van der Waals surface area contributed by atoms with Crippen LogP contribution in [0.2, 0.25) is 0 Å². The van der Waals surface area contributed by atoms with Crippen molar-refractivity contribution in [2.45, 2.75) is 6.92 Å². The molecule has 0 fully saturated rings. The molecule has 2 N–H and O–H groups in total. The van der Waals surface area contributed by atoms with Crippen LogP contribution >= 0.6 is 0 Å². The Bertz CT molecular complexity index is 723. The number of aromatic carboxylic acids is 1. The topological polar surface area (TPSA) is 104 Å². The summed E-state index contributed by atoms with van der Waals surface area (Å²) in [4.78, 5) is 38.2. The summed E-state index contributed by atoms with van der Waals surface area (Å²) in [5.41, 5.74) is 0.0829. The van der Waals surface area contributed by atoms with Crippen LogP contribution in [0.25, 0.3) is 0 Å². The van der Waals surface area contributed by atoms with Gasteiger partial charge in [-0.25, -0.2) is 9.79 Å². The van der Waals surface area contributed by atoms with Gasteiger partial charge in [-0.2, -0.15) is 0 Å². The van der Waals surface area contributed by atoms with Gasteiger partial charge >= 0.3 is 5.97 Å². The molecule has 0 saturated heterocycles. The molecule has 0 heterocycles. The molecule has 6 nitrogen and oxygen atoms in total. The number of benzene rings is 1. The number of aliphatic imine (C=N–C) groups is 1. The molecule has 1 aliphatic rings. The number of carbonyl (C=O) groups is 3. The Labute approximate surface area is 119 Å². The monoisotopic (exact) mass is 285 g/mol. The molecule has 21 heavy (non-hydrogen) atoms. The van der Waals surface area contributed by atoms with Crippen molar-refractivity contribution in [3.8, 4) is 0 Å². The second-order valence-electron chi connectivity index (χ2n) is 4.33. The molecule has 0 aromatic heterocycles. The van der Waals surface area contributed by atoms with E-state index in [0.29, 0.717) is 5.69 Å². The predicted octanol–water partition coefficient (Wildman–Crippen LogP) is 2.00. The molecule has 2 rings (SSSR count). The number of aliphatic hydroxyl groups excluding tert-OH is 1. The van der Waals surface area contributed by atoms with E-state index in [1.807, 2.05) is 0 Å². The van der Waals surface area contributed by atoms with Crippen LogP contribution < -0.4 is 0 Å². The fourth-order valence-electron chi connectivity index (χ4n) is 1.83. The summed E-state index contributed by atoms with van der Waals surface area (Å²) in [6, 6.07) is 5.50. The van der Waals surface area contributed by atoms with Crippen molar-refractivity contribution < 1.29 is 24.6 Å². The maximum Gasteiger partial charge on any atom is 0.335 e. The number of hydrogen-bond acceptors (Lipinski definition) is 5. The van der Waals surface area contributed by atoms with Gasteiger partial charge in [0.1, 0.15) is 11.5 Å². The second-order valence-corrected chi connectivity index (χ2v) is 4.33. The third kappa shape index (κ3) is 2.94. The normalized spacial score (nSPS) is 16.4. The summed E-state index contributed by atoms with van der Waals surface area (Å²) in [5, 5.41) is 18.5. The standard InChI is InChI=1S/C15H11NO5/c1-8(17)13-11(18)6-7-12(19)14(13)16-10-4-2-9(3-5-10)15(20)21/h2-7,18H,1H3,(H,20,21). The Hall–Kier alpha value is -3.02. The first kappa shape index (κ1) is 14.4. The Morgan fingerprint density at radius 2 is 1.71 bits per heavy atom. The molecule has 6 heteroatoms. The van der Waals surface area contributed by atoms with Gasteiger partial charge in [0.2, 0.25) is 5.78 Å². The summed E-state index contributed by atoms with van der Waals surface area (Å²) in [6.45, 7) is 1.22. The smallest absolute Gasteiger partial charge is 0.335 e. The fourth-order valence-corrected chi connectivity index (χ4v) is 1.83. The summed E-state index contributed by atoms with van der Waals surface area (Å²) in [5.74, 6) is -2.37. The van der Waals surface area contributed by atoms with E-state index in [2.05, 4.69) is 4.99 Å². The number of rotatable bonds is 3. The number of hydrogen-bond donors (Lipinski definition) is 2. The first-order valence-corrected chi connectivity index (χ1v) is 5.99. The van der Waals surface area contributed by atoms with Crippen LogP contribution in [0.5, 0.6) is 0 Å². The minimum absolute atomic E-state index is 0.0824. The average Bonchev–Trinajstić information content (AvgIpc) is 2.43. The van der Waals surface area contributed by atoms with Crippen LogP contribution in [0.4, 0.5) is 5.69 Å². The number of carboxylic acid groups (broad SMARTS) is 1. The van der Waals surface area contributed by atoms with Gasteiger partial charge < -0.3 is 10.2 Å². The lowest BCUT2D eigenvalue weighted by Gasteiger charge is -2.11. The highest BCUT2D eigenvalue weighted by molar-refractivity contribution is 6.56. The maximum absolute atomic E-state index is 11.8. The quantitative estimate of drug-likeness (QED) is 0.826. The summed E-state index contributed by atoms with van der Waals surface area (Å²) >= 11 is 0. The highest BCUT2D eigenvalue weighted by atomic mass is 16.4. The molecule has 1 aliphatic carbocycles. The zero-order valence-electron chi connectivity index (χ0n) is 11.0. The number of aliphatic hydroxyl groups is 1. The molecule has 1 aromatic rings. The van der Waals surface area contributed by atoms with Crippen molar-refractivity contribution in [2.24, 2.45) is 4.99 Å². The predicted molar refractivity (Wildman–Crippen MR) is 75.0 cm³/mol. The molecular formula is C15H11NO5. The molecule has 0 aliphatic heterocycles. The molecular weight excluding hydrogens is 274 g/mol. The van der Waals surface area contributed by atoms with Gasteiger partial charge in [-0.15, -0.1) is 0 Å². The van der Waals surface area contributed by atoms with Gasteiger partial charge in [-0.1, -0.05) is 0 Å². The largest absolute Gasteiger partial charge is 0.507 e. The van der Waals surface area contributed by atoms with E-state index in [-0.39, 0.29) is 22.6 Å².